The number of hydrogen-bond acceptors (Lipinski definition) is 3. The van der Waals surface area contributed by atoms with Crippen LogP contribution in [0.5, 0.6) is 0 Å². The second kappa shape index (κ2) is 7.13. The highest BCUT2D eigenvalue weighted by Gasteiger charge is 2.21. The number of halogens is 2. The molecule has 0 aliphatic heterocycles. The number of nitrogens with two attached hydrogens (primary N) is 1. The molecule has 0 spiro atoms. The molecule has 0 aliphatic rings. The molecular weight excluding hydrogens is 307 g/mol. The van der Waals surface area contributed by atoms with Crippen LogP contribution in [0.1, 0.15) is 18.9 Å². The van der Waals surface area contributed by atoms with Gasteiger partial charge in [-0.05, 0) is 18.6 Å². The maximum Gasteiger partial charge on any atom is 0.243 e. The predicted molar refractivity (Wildman–Crippen MR) is 77.9 cm³/mol. The zero-order valence-corrected chi connectivity index (χ0v) is 12.7. The van der Waals surface area contributed by atoms with Crippen LogP contribution in [0.4, 0.5) is 0 Å². The van der Waals surface area contributed by atoms with Gasteiger partial charge in [-0.15, -0.1) is 0 Å². The van der Waals surface area contributed by atoms with Crippen molar-refractivity contribution in [2.75, 3.05) is 13.1 Å². The third-order valence-corrected chi connectivity index (χ3v) is 4.53. The molecule has 3 N–H and O–H groups in total. The van der Waals surface area contributed by atoms with Gasteiger partial charge in [0.25, 0.3) is 0 Å². The van der Waals surface area contributed by atoms with Crippen LogP contribution in [0.15, 0.2) is 17.0 Å². The molecule has 0 bridgehead atoms. The van der Waals surface area contributed by atoms with Gasteiger partial charge in [0, 0.05) is 12.1 Å². The van der Waals surface area contributed by atoms with Crippen molar-refractivity contribution in [1.82, 2.24) is 4.72 Å². The topological polar surface area (TPSA) is 72.2 Å². The van der Waals surface area contributed by atoms with Gasteiger partial charge >= 0.3 is 0 Å². The Bertz CT molecular complexity index is 595. The first kappa shape index (κ1) is 16.3. The second-order valence-electron chi connectivity index (χ2n) is 3.67. The Balaban J connectivity index is 3.24. The van der Waals surface area contributed by atoms with Gasteiger partial charge in [-0.3, -0.25) is 0 Å². The fourth-order valence-electron chi connectivity index (χ4n) is 1.35. The summed E-state index contributed by atoms with van der Waals surface area (Å²) in [5.41, 5.74) is 5.78. The maximum atomic E-state index is 12.0. The van der Waals surface area contributed by atoms with E-state index in [1.807, 2.05) is 6.92 Å². The minimum Gasteiger partial charge on any atom is -0.320 e. The van der Waals surface area contributed by atoms with Gasteiger partial charge in [-0.2, -0.15) is 0 Å². The maximum absolute atomic E-state index is 12.0. The lowest BCUT2D eigenvalue weighted by Crippen LogP contribution is -2.25. The molecule has 0 atom stereocenters. The number of hydrogen-bond donors (Lipinski definition) is 2. The van der Waals surface area contributed by atoms with E-state index >= 15 is 0 Å². The highest BCUT2D eigenvalue weighted by atomic mass is 35.5. The van der Waals surface area contributed by atoms with Gasteiger partial charge < -0.3 is 5.73 Å². The van der Waals surface area contributed by atoms with Crippen molar-refractivity contribution < 1.29 is 8.42 Å². The average molecular weight is 321 g/mol. The van der Waals surface area contributed by atoms with Crippen LogP contribution in [0.25, 0.3) is 0 Å². The molecule has 4 nitrogen and oxygen atoms in total. The van der Waals surface area contributed by atoms with Gasteiger partial charge in [0.1, 0.15) is 4.90 Å². The van der Waals surface area contributed by atoms with E-state index in [0.29, 0.717) is 18.5 Å². The summed E-state index contributed by atoms with van der Waals surface area (Å²) in [5.74, 6) is 5.40. The molecule has 1 aromatic carbocycles. The van der Waals surface area contributed by atoms with Crippen LogP contribution in [0.2, 0.25) is 10.0 Å². The van der Waals surface area contributed by atoms with Gasteiger partial charge in [0.15, 0.2) is 0 Å². The van der Waals surface area contributed by atoms with Crippen molar-refractivity contribution in [3.05, 3.63) is 27.7 Å². The van der Waals surface area contributed by atoms with E-state index in [4.69, 9.17) is 28.9 Å². The lowest BCUT2D eigenvalue weighted by atomic mass is 10.2. The number of rotatable bonds is 4. The van der Waals surface area contributed by atoms with Gasteiger partial charge in [-0.1, -0.05) is 42.0 Å². The molecule has 104 valence electrons. The van der Waals surface area contributed by atoms with Crippen LogP contribution in [-0.4, -0.2) is 21.5 Å². The fraction of sp³-hybridized carbons (Fsp3) is 0.333. The first-order valence-corrected chi connectivity index (χ1v) is 7.84. The normalized spacial score (nSPS) is 10.9. The highest BCUT2D eigenvalue weighted by molar-refractivity contribution is 7.89. The largest absolute Gasteiger partial charge is 0.320 e. The lowest BCUT2D eigenvalue weighted by Gasteiger charge is -2.09. The Kier molecular flexibility index (Phi) is 6.11. The van der Waals surface area contributed by atoms with Gasteiger partial charge in [0.2, 0.25) is 10.0 Å². The van der Waals surface area contributed by atoms with E-state index < -0.39 is 10.0 Å². The smallest absolute Gasteiger partial charge is 0.243 e. The van der Waals surface area contributed by atoms with E-state index in [1.54, 1.807) is 0 Å². The van der Waals surface area contributed by atoms with Crippen molar-refractivity contribution in [2.24, 2.45) is 5.73 Å². The van der Waals surface area contributed by atoms with Crippen molar-refractivity contribution in [3.63, 3.8) is 0 Å². The molecule has 19 heavy (non-hydrogen) atoms. The van der Waals surface area contributed by atoms with Crippen LogP contribution in [0, 0.1) is 11.8 Å². The summed E-state index contributed by atoms with van der Waals surface area (Å²) in [6.07, 6.45) is 0.675. The monoisotopic (exact) mass is 320 g/mol. The molecule has 0 amide bonds. The molecule has 0 heterocycles. The standard InChI is InChI=1S/C12H14Cl2N2O2S/c1-2-6-16-19(17,18)12-10(13)7-9(4-3-5-15)8-11(12)14/h7-8,16H,2,5-6,15H2,1H3. The minimum atomic E-state index is -3.71. The highest BCUT2D eigenvalue weighted by Crippen LogP contribution is 2.30. The first-order valence-electron chi connectivity index (χ1n) is 5.60. The van der Waals surface area contributed by atoms with E-state index in [1.165, 1.54) is 12.1 Å². The SMILES string of the molecule is CCCNS(=O)(=O)c1c(Cl)cc(C#CCN)cc1Cl. The van der Waals surface area contributed by atoms with Gasteiger partial charge in [-0.25, -0.2) is 13.1 Å². The van der Waals surface area contributed by atoms with Crippen molar-refractivity contribution in [1.29, 1.82) is 0 Å². The minimum absolute atomic E-state index is 0.0393. The van der Waals surface area contributed by atoms with E-state index in [9.17, 15) is 8.42 Å². The van der Waals surface area contributed by atoms with Crippen LogP contribution in [0.3, 0.4) is 0 Å². The number of benzene rings is 1. The molecule has 0 aliphatic carbocycles. The lowest BCUT2D eigenvalue weighted by molar-refractivity contribution is 0.581. The zero-order chi connectivity index (χ0) is 14.5. The molecule has 0 saturated heterocycles. The Labute approximate surface area is 123 Å². The second-order valence-corrected chi connectivity index (χ2v) is 6.19. The molecule has 0 radical (unpaired) electrons. The van der Waals surface area contributed by atoms with Crippen LogP contribution < -0.4 is 10.5 Å². The molecule has 1 aromatic rings. The summed E-state index contributed by atoms with van der Waals surface area (Å²) >= 11 is 11.9. The summed E-state index contributed by atoms with van der Waals surface area (Å²) in [6, 6.07) is 2.91. The Morgan fingerprint density at radius 3 is 2.37 bits per heavy atom. The van der Waals surface area contributed by atoms with Crippen molar-refractivity contribution in [3.8, 4) is 11.8 Å². The van der Waals surface area contributed by atoms with Crippen molar-refractivity contribution in [2.45, 2.75) is 18.2 Å². The summed E-state index contributed by atoms with van der Waals surface area (Å²) in [7, 11) is -3.71. The van der Waals surface area contributed by atoms with Crippen LogP contribution >= 0.6 is 23.2 Å². The Morgan fingerprint density at radius 2 is 1.89 bits per heavy atom. The Morgan fingerprint density at radius 1 is 1.32 bits per heavy atom. The molecule has 0 saturated carbocycles. The van der Waals surface area contributed by atoms with E-state index in [0.717, 1.165) is 0 Å². The third-order valence-electron chi connectivity index (χ3n) is 2.14. The molecule has 0 aromatic heterocycles. The third kappa shape index (κ3) is 4.37. The average Bonchev–Trinajstić information content (AvgIpc) is 2.32. The first-order chi connectivity index (χ1) is 8.92. The molecule has 1 rings (SSSR count). The summed E-state index contributed by atoms with van der Waals surface area (Å²) in [5, 5.41) is 0.0786. The molecule has 0 unspecified atom stereocenters. The van der Waals surface area contributed by atoms with Crippen LogP contribution in [-0.2, 0) is 10.0 Å². The number of sulfonamides is 1. The zero-order valence-electron chi connectivity index (χ0n) is 10.3. The van der Waals surface area contributed by atoms with E-state index in [-0.39, 0.29) is 21.5 Å². The summed E-state index contributed by atoms with van der Waals surface area (Å²) in [6.45, 7) is 2.38. The van der Waals surface area contributed by atoms with Crippen molar-refractivity contribution >= 4 is 33.2 Å². The number of nitrogens with one attached hydrogen (secondary N) is 1. The fourth-order valence-corrected chi connectivity index (χ4v) is 3.70. The summed E-state index contributed by atoms with van der Waals surface area (Å²) in [4.78, 5) is -0.123. The Hall–Kier alpha value is -0.770. The molecule has 0 fully saturated rings. The summed E-state index contributed by atoms with van der Waals surface area (Å²) < 4.78 is 26.5. The molecular formula is C12H14Cl2N2O2S. The molecule has 7 heteroatoms. The van der Waals surface area contributed by atoms with E-state index in [2.05, 4.69) is 16.6 Å². The van der Waals surface area contributed by atoms with Gasteiger partial charge in [0.05, 0.1) is 16.6 Å². The predicted octanol–water partition coefficient (Wildman–Crippen LogP) is 1.99. The quantitative estimate of drug-likeness (QED) is 0.833.